The van der Waals surface area contributed by atoms with Crippen LogP contribution in [0.4, 0.5) is 11.6 Å². The fourth-order valence-electron chi connectivity index (χ4n) is 4.69. The van der Waals surface area contributed by atoms with Crippen molar-refractivity contribution in [2.75, 3.05) is 43.9 Å². The number of unbranched alkanes of at least 4 members (excludes halogenated alkanes) is 1. The number of ether oxygens (including phenoxy) is 1. The van der Waals surface area contributed by atoms with Crippen LogP contribution in [-0.4, -0.2) is 76.4 Å². The lowest BCUT2D eigenvalue weighted by Gasteiger charge is -2.27. The molecule has 0 unspecified atom stereocenters. The van der Waals surface area contributed by atoms with Gasteiger partial charge in [0, 0.05) is 32.4 Å². The molecule has 2 atom stereocenters. The van der Waals surface area contributed by atoms with Crippen molar-refractivity contribution in [3.8, 4) is 0 Å². The largest absolute Gasteiger partial charge is 0.480 e. The number of fused-ring (bicyclic) bond motifs is 2. The fourth-order valence-corrected chi connectivity index (χ4v) is 5.64. The first-order valence-electron chi connectivity index (χ1n) is 13.1. The molecule has 4 heterocycles. The van der Waals surface area contributed by atoms with Gasteiger partial charge < -0.3 is 25.4 Å². The Kier molecular flexibility index (Phi) is 9.65. The summed E-state index contributed by atoms with van der Waals surface area (Å²) in [6, 6.07) is 3.62. The SMILES string of the molecule is CO[C@H](C)CN(CCCCc1ccc2c(n1)NCCC2)CC[C@H](Nc1ncnc2c(C)csc12)C(=O)O. The van der Waals surface area contributed by atoms with Gasteiger partial charge in [-0.2, -0.15) is 0 Å². The van der Waals surface area contributed by atoms with E-state index in [1.54, 1.807) is 7.11 Å². The third kappa shape index (κ3) is 7.37. The number of aliphatic carboxylic acids is 1. The van der Waals surface area contributed by atoms with Crippen LogP contribution in [-0.2, 0) is 22.4 Å². The molecule has 3 aromatic rings. The molecule has 1 aliphatic heterocycles. The molecule has 0 aromatic carbocycles. The topological polar surface area (TPSA) is 113 Å². The molecule has 9 nitrogen and oxygen atoms in total. The number of carboxylic acids is 1. The number of pyridine rings is 1. The van der Waals surface area contributed by atoms with Crippen molar-refractivity contribution in [1.82, 2.24) is 19.9 Å². The van der Waals surface area contributed by atoms with Gasteiger partial charge in [-0.25, -0.2) is 19.7 Å². The van der Waals surface area contributed by atoms with Crippen LogP contribution < -0.4 is 10.6 Å². The average Bonchev–Trinajstić information content (AvgIpc) is 3.29. The van der Waals surface area contributed by atoms with Crippen LogP contribution in [0, 0.1) is 6.92 Å². The minimum Gasteiger partial charge on any atom is -0.480 e. The number of hydrogen-bond donors (Lipinski definition) is 3. The number of nitrogens with one attached hydrogen (secondary N) is 2. The first-order valence-corrected chi connectivity index (χ1v) is 14.0. The number of carbonyl (C=O) groups is 1. The molecule has 0 saturated carbocycles. The van der Waals surface area contributed by atoms with Gasteiger partial charge in [0.1, 0.15) is 24.0 Å². The lowest BCUT2D eigenvalue weighted by atomic mass is 10.1. The maximum absolute atomic E-state index is 12.1. The van der Waals surface area contributed by atoms with E-state index in [4.69, 9.17) is 9.72 Å². The van der Waals surface area contributed by atoms with E-state index in [2.05, 4.69) is 37.6 Å². The van der Waals surface area contributed by atoms with E-state index in [1.807, 2.05) is 19.2 Å². The summed E-state index contributed by atoms with van der Waals surface area (Å²) in [4.78, 5) is 27.9. The summed E-state index contributed by atoms with van der Waals surface area (Å²) in [5, 5.41) is 18.5. The Morgan fingerprint density at radius 2 is 2.16 bits per heavy atom. The lowest BCUT2D eigenvalue weighted by molar-refractivity contribution is -0.138. The van der Waals surface area contributed by atoms with Crippen molar-refractivity contribution < 1.29 is 14.6 Å². The molecule has 10 heteroatoms. The molecule has 0 bridgehead atoms. The summed E-state index contributed by atoms with van der Waals surface area (Å²) in [5.74, 6) is 0.747. The number of nitrogens with zero attached hydrogens (tertiary/aromatic N) is 4. The first kappa shape index (κ1) is 27.2. The second-order valence-corrected chi connectivity index (χ2v) is 10.7. The molecule has 3 aromatic heterocycles. The molecule has 1 aliphatic rings. The van der Waals surface area contributed by atoms with Gasteiger partial charge >= 0.3 is 5.97 Å². The van der Waals surface area contributed by atoms with Gasteiger partial charge in [0.15, 0.2) is 0 Å². The van der Waals surface area contributed by atoms with Crippen LogP contribution >= 0.6 is 11.3 Å². The fraction of sp³-hybridized carbons (Fsp3) is 0.556. The molecule has 3 N–H and O–H groups in total. The van der Waals surface area contributed by atoms with Gasteiger partial charge in [-0.15, -0.1) is 11.3 Å². The number of rotatable bonds is 14. The normalized spacial score (nSPS) is 14.8. The highest BCUT2D eigenvalue weighted by atomic mass is 32.1. The second kappa shape index (κ2) is 13.1. The first-order chi connectivity index (χ1) is 17.9. The number of carboxylic acid groups (broad SMARTS) is 1. The summed E-state index contributed by atoms with van der Waals surface area (Å²) in [6.07, 6.45) is 7.26. The van der Waals surface area contributed by atoms with Crippen molar-refractivity contribution in [2.24, 2.45) is 0 Å². The maximum Gasteiger partial charge on any atom is 0.326 e. The highest BCUT2D eigenvalue weighted by molar-refractivity contribution is 7.18. The van der Waals surface area contributed by atoms with E-state index in [1.165, 1.54) is 29.6 Å². The highest BCUT2D eigenvalue weighted by Gasteiger charge is 2.22. The second-order valence-electron chi connectivity index (χ2n) is 9.79. The Hall–Kier alpha value is -2.82. The molecular weight excluding hydrogens is 488 g/mol. The standard InChI is InChI=1S/C27H38N6O3S/c1-18-16-37-24-23(18)29-17-30-26(24)32-22(27(34)35)11-14-33(15-19(2)36-3)13-5-4-8-21-10-9-20-7-6-12-28-25(20)31-21/h9-10,16-17,19,22H,4-8,11-15H2,1-3H3,(H,28,31)(H,34,35)(H,29,30,32)/t19-,22+/m1/s1. The zero-order chi connectivity index (χ0) is 26.2. The van der Waals surface area contributed by atoms with E-state index < -0.39 is 12.0 Å². The molecule has 0 radical (unpaired) electrons. The molecule has 200 valence electrons. The summed E-state index contributed by atoms with van der Waals surface area (Å²) in [6.45, 7) is 7.32. The third-order valence-electron chi connectivity index (χ3n) is 6.90. The Morgan fingerprint density at radius 1 is 1.30 bits per heavy atom. The van der Waals surface area contributed by atoms with Crippen LogP contribution in [0.25, 0.3) is 10.2 Å². The van der Waals surface area contributed by atoms with E-state index in [9.17, 15) is 9.90 Å². The van der Waals surface area contributed by atoms with Crippen molar-refractivity contribution in [2.45, 2.75) is 64.5 Å². The van der Waals surface area contributed by atoms with Crippen LogP contribution in [0.1, 0.15) is 49.4 Å². The predicted octanol–water partition coefficient (Wildman–Crippen LogP) is 4.37. The number of hydrogen-bond acceptors (Lipinski definition) is 9. The van der Waals surface area contributed by atoms with Crippen LogP contribution in [0.2, 0.25) is 0 Å². The van der Waals surface area contributed by atoms with E-state index in [0.717, 1.165) is 72.6 Å². The van der Waals surface area contributed by atoms with Gasteiger partial charge in [-0.1, -0.05) is 6.07 Å². The average molecular weight is 527 g/mol. The van der Waals surface area contributed by atoms with E-state index >= 15 is 0 Å². The van der Waals surface area contributed by atoms with Crippen molar-refractivity contribution >= 4 is 39.2 Å². The highest BCUT2D eigenvalue weighted by Crippen LogP contribution is 2.29. The number of aromatic nitrogens is 3. The molecule has 0 amide bonds. The quantitative estimate of drug-likeness (QED) is 0.264. The number of methoxy groups -OCH3 is 1. The van der Waals surface area contributed by atoms with Gasteiger partial charge in [0.05, 0.1) is 16.3 Å². The third-order valence-corrected chi connectivity index (χ3v) is 7.99. The van der Waals surface area contributed by atoms with Crippen molar-refractivity contribution in [3.63, 3.8) is 0 Å². The maximum atomic E-state index is 12.1. The van der Waals surface area contributed by atoms with Crippen molar-refractivity contribution in [1.29, 1.82) is 0 Å². The summed E-state index contributed by atoms with van der Waals surface area (Å²) < 4.78 is 6.39. The molecule has 0 aliphatic carbocycles. The number of thiophene rings is 1. The molecule has 0 fully saturated rings. The smallest absolute Gasteiger partial charge is 0.326 e. The Bertz CT molecular complexity index is 1190. The van der Waals surface area contributed by atoms with Gasteiger partial charge in [-0.3, -0.25) is 0 Å². The summed E-state index contributed by atoms with van der Waals surface area (Å²) in [5.41, 5.74) is 4.37. The number of anilines is 2. The van der Waals surface area contributed by atoms with Crippen molar-refractivity contribution in [3.05, 3.63) is 40.7 Å². The van der Waals surface area contributed by atoms with Crippen LogP contribution in [0.5, 0.6) is 0 Å². The molecule has 0 saturated heterocycles. The van der Waals surface area contributed by atoms with Crippen LogP contribution in [0.3, 0.4) is 0 Å². The Balaban J connectivity index is 1.32. The monoisotopic (exact) mass is 526 g/mol. The summed E-state index contributed by atoms with van der Waals surface area (Å²) >= 11 is 1.53. The molecule has 37 heavy (non-hydrogen) atoms. The zero-order valence-electron chi connectivity index (χ0n) is 22.0. The van der Waals surface area contributed by atoms with E-state index in [0.29, 0.717) is 18.8 Å². The van der Waals surface area contributed by atoms with Gasteiger partial charge in [-0.05, 0) is 81.5 Å². The lowest BCUT2D eigenvalue weighted by Crippen LogP contribution is -2.38. The molecular formula is C27H38N6O3S. The van der Waals surface area contributed by atoms with Gasteiger partial charge in [0.2, 0.25) is 0 Å². The molecule has 0 spiro atoms. The minimum absolute atomic E-state index is 0.0696. The van der Waals surface area contributed by atoms with Crippen LogP contribution in [0.15, 0.2) is 23.8 Å². The predicted molar refractivity (Wildman–Crippen MR) is 149 cm³/mol. The Labute approximate surface area is 222 Å². The zero-order valence-corrected chi connectivity index (χ0v) is 22.8. The van der Waals surface area contributed by atoms with E-state index in [-0.39, 0.29) is 6.10 Å². The number of aryl methyl sites for hydroxylation is 3. The minimum atomic E-state index is -0.883. The Morgan fingerprint density at radius 3 is 2.97 bits per heavy atom. The molecule has 4 rings (SSSR count). The summed E-state index contributed by atoms with van der Waals surface area (Å²) in [7, 11) is 1.71. The van der Waals surface area contributed by atoms with Gasteiger partial charge in [0.25, 0.3) is 0 Å².